The Morgan fingerprint density at radius 3 is 2.50 bits per heavy atom. The zero-order valence-corrected chi connectivity index (χ0v) is 16.1. The third-order valence-electron chi connectivity index (χ3n) is 4.84. The van der Waals surface area contributed by atoms with E-state index in [1.807, 2.05) is 30.3 Å². The van der Waals surface area contributed by atoms with E-state index in [1.165, 1.54) is 10.9 Å². The van der Waals surface area contributed by atoms with Gasteiger partial charge in [0.25, 0.3) is 11.5 Å². The van der Waals surface area contributed by atoms with Crippen LogP contribution in [0.4, 0.5) is 5.69 Å². The molecule has 1 amide bonds. The number of amides is 1. The monoisotopic (exact) mass is 398 g/mol. The molecule has 0 saturated carbocycles. The molecule has 144 valence electrons. The van der Waals surface area contributed by atoms with Gasteiger partial charge in [-0.3, -0.25) is 14.3 Å². The number of hydrogen-bond acceptors (Lipinski definition) is 5. The first-order chi connectivity index (χ1) is 13.5. The summed E-state index contributed by atoms with van der Waals surface area (Å²) >= 11 is 6.10. The zero-order valence-electron chi connectivity index (χ0n) is 15.3. The maximum absolute atomic E-state index is 12.8. The molecule has 1 saturated heterocycles. The highest BCUT2D eigenvalue weighted by Gasteiger charge is 2.27. The Labute approximate surface area is 166 Å². The van der Waals surface area contributed by atoms with Gasteiger partial charge >= 0.3 is 0 Å². The highest BCUT2D eigenvalue weighted by Crippen LogP contribution is 2.28. The molecule has 1 aliphatic rings. The topological polar surface area (TPSA) is 87.1 Å². The normalized spacial score (nSPS) is 14.4. The largest absolute Gasteiger partial charge is 0.366 e. The van der Waals surface area contributed by atoms with Gasteiger partial charge in [-0.1, -0.05) is 41.9 Å². The minimum atomic E-state index is -0.255. The van der Waals surface area contributed by atoms with Gasteiger partial charge in [-0.05, 0) is 0 Å². The molecule has 0 spiro atoms. The summed E-state index contributed by atoms with van der Waals surface area (Å²) in [6, 6.07) is 11.3. The van der Waals surface area contributed by atoms with E-state index >= 15 is 0 Å². The minimum Gasteiger partial charge on any atom is -0.366 e. The number of carbonyl (C=O) groups is 1. The number of aromatic amines is 1. The third-order valence-corrected chi connectivity index (χ3v) is 5.12. The number of H-pyrrole nitrogens is 1. The van der Waals surface area contributed by atoms with Gasteiger partial charge in [-0.25, -0.2) is 5.10 Å². The summed E-state index contributed by atoms with van der Waals surface area (Å²) in [6.07, 6.45) is 1.47. The molecule has 9 heteroatoms. The maximum atomic E-state index is 12.8. The van der Waals surface area contributed by atoms with Gasteiger partial charge in [0.2, 0.25) is 0 Å². The van der Waals surface area contributed by atoms with E-state index in [-0.39, 0.29) is 11.5 Å². The van der Waals surface area contributed by atoms with Crippen molar-refractivity contribution in [2.75, 3.05) is 31.1 Å². The van der Waals surface area contributed by atoms with Crippen molar-refractivity contribution in [3.8, 4) is 11.3 Å². The molecule has 1 aliphatic heterocycles. The molecule has 0 bridgehead atoms. The van der Waals surface area contributed by atoms with Crippen LogP contribution < -0.4 is 10.5 Å². The van der Waals surface area contributed by atoms with Crippen molar-refractivity contribution in [1.82, 2.24) is 24.9 Å². The molecule has 8 nitrogen and oxygen atoms in total. The lowest BCUT2D eigenvalue weighted by molar-refractivity contribution is 0.0736. The van der Waals surface area contributed by atoms with E-state index < -0.39 is 0 Å². The number of hydrogen-bond donors (Lipinski definition) is 1. The predicted octanol–water partition coefficient (Wildman–Crippen LogP) is 1.79. The Kier molecular flexibility index (Phi) is 4.87. The molecule has 28 heavy (non-hydrogen) atoms. The molecule has 1 aromatic carbocycles. The molecule has 1 N–H and O–H groups in total. The molecule has 0 atom stereocenters. The summed E-state index contributed by atoms with van der Waals surface area (Å²) in [4.78, 5) is 28.5. The molecule has 1 fully saturated rings. The highest BCUT2D eigenvalue weighted by molar-refractivity contribution is 6.33. The van der Waals surface area contributed by atoms with Gasteiger partial charge in [0.1, 0.15) is 11.4 Å². The van der Waals surface area contributed by atoms with Crippen LogP contribution in [0.3, 0.4) is 0 Å². The number of piperazine rings is 1. The number of carbonyl (C=O) groups excluding carboxylic acids is 1. The van der Waals surface area contributed by atoms with Gasteiger partial charge < -0.3 is 9.80 Å². The number of nitrogens with zero attached hydrogens (tertiary/aromatic N) is 5. The standard InChI is InChI=1S/C19H19ClN6O2/c1-24-18(14(20)12-21-24)19(28)26-9-7-25(8-10-26)15-11-16(27)22-23-17(15)13-5-3-2-4-6-13/h2-6,11-12H,7-10H2,1H3,(H,22,27). The molecule has 2 aromatic heterocycles. The third kappa shape index (κ3) is 3.38. The first-order valence-corrected chi connectivity index (χ1v) is 9.29. The smallest absolute Gasteiger partial charge is 0.273 e. The lowest BCUT2D eigenvalue weighted by Gasteiger charge is -2.36. The van der Waals surface area contributed by atoms with Crippen molar-refractivity contribution in [2.45, 2.75) is 0 Å². The van der Waals surface area contributed by atoms with E-state index in [9.17, 15) is 9.59 Å². The van der Waals surface area contributed by atoms with Crippen LogP contribution in [0.1, 0.15) is 10.5 Å². The van der Waals surface area contributed by atoms with Crippen LogP contribution in [0.25, 0.3) is 11.3 Å². The van der Waals surface area contributed by atoms with Gasteiger partial charge in [0, 0.05) is 44.9 Å². The first-order valence-electron chi connectivity index (χ1n) is 8.91. The van der Waals surface area contributed by atoms with Crippen LogP contribution in [0, 0.1) is 0 Å². The number of rotatable bonds is 3. The van der Waals surface area contributed by atoms with Gasteiger partial charge in [0.15, 0.2) is 0 Å². The Balaban J connectivity index is 1.55. The average molecular weight is 399 g/mol. The summed E-state index contributed by atoms with van der Waals surface area (Å²) in [5.74, 6) is -0.142. The lowest BCUT2D eigenvalue weighted by Crippen LogP contribution is -2.49. The van der Waals surface area contributed by atoms with Gasteiger partial charge in [0.05, 0.1) is 16.9 Å². The SMILES string of the molecule is Cn1ncc(Cl)c1C(=O)N1CCN(c2cc(=O)[nH]nc2-c2ccccc2)CC1. The van der Waals surface area contributed by atoms with E-state index in [1.54, 1.807) is 18.0 Å². The zero-order chi connectivity index (χ0) is 19.7. The Bertz CT molecular complexity index is 1030. The first kappa shape index (κ1) is 18.2. The summed E-state index contributed by atoms with van der Waals surface area (Å²) < 4.78 is 1.49. The van der Waals surface area contributed by atoms with Crippen LogP contribution in [-0.4, -0.2) is 57.0 Å². The molecular formula is C19H19ClN6O2. The average Bonchev–Trinajstić information content (AvgIpc) is 3.06. The fraction of sp³-hybridized carbons (Fsp3) is 0.263. The number of aromatic nitrogens is 4. The molecule has 0 aliphatic carbocycles. The Morgan fingerprint density at radius 1 is 1.14 bits per heavy atom. The van der Waals surface area contributed by atoms with Crippen LogP contribution in [0.5, 0.6) is 0 Å². The molecule has 3 heterocycles. The number of nitrogens with one attached hydrogen (secondary N) is 1. The minimum absolute atomic E-state index is 0.142. The maximum Gasteiger partial charge on any atom is 0.273 e. The predicted molar refractivity (Wildman–Crippen MR) is 107 cm³/mol. The van der Waals surface area contributed by atoms with Crippen molar-refractivity contribution >= 4 is 23.2 Å². The summed E-state index contributed by atoms with van der Waals surface area (Å²) in [5.41, 5.74) is 2.54. The fourth-order valence-electron chi connectivity index (χ4n) is 3.39. The molecule has 3 aromatic rings. The van der Waals surface area contributed by atoms with Crippen molar-refractivity contribution in [3.63, 3.8) is 0 Å². The van der Waals surface area contributed by atoms with Crippen molar-refractivity contribution in [1.29, 1.82) is 0 Å². The second-order valence-electron chi connectivity index (χ2n) is 6.58. The number of halogens is 1. The second kappa shape index (κ2) is 7.47. The van der Waals surface area contributed by atoms with E-state index in [0.717, 1.165) is 16.9 Å². The summed E-state index contributed by atoms with van der Waals surface area (Å²) in [6.45, 7) is 2.21. The molecular weight excluding hydrogens is 380 g/mol. The van der Waals surface area contributed by atoms with Crippen molar-refractivity contribution in [3.05, 3.63) is 63.7 Å². The van der Waals surface area contributed by atoms with Crippen molar-refractivity contribution in [2.24, 2.45) is 7.05 Å². The van der Waals surface area contributed by atoms with Crippen LogP contribution in [0.2, 0.25) is 5.02 Å². The molecule has 4 rings (SSSR count). The van der Waals surface area contributed by atoms with E-state index in [4.69, 9.17) is 11.6 Å². The number of anilines is 1. The second-order valence-corrected chi connectivity index (χ2v) is 6.98. The summed E-state index contributed by atoms with van der Waals surface area (Å²) in [5, 5.41) is 11.1. The molecule has 0 radical (unpaired) electrons. The van der Waals surface area contributed by atoms with Gasteiger partial charge in [-0.2, -0.15) is 10.2 Å². The van der Waals surface area contributed by atoms with Crippen molar-refractivity contribution < 1.29 is 4.79 Å². The van der Waals surface area contributed by atoms with Gasteiger partial charge in [-0.15, -0.1) is 0 Å². The van der Waals surface area contributed by atoms with Crippen LogP contribution >= 0.6 is 11.6 Å². The summed E-state index contributed by atoms with van der Waals surface area (Å²) in [7, 11) is 1.70. The lowest BCUT2D eigenvalue weighted by atomic mass is 10.1. The molecule has 0 unspecified atom stereocenters. The highest BCUT2D eigenvalue weighted by atomic mass is 35.5. The van der Waals surface area contributed by atoms with Crippen LogP contribution in [-0.2, 0) is 7.05 Å². The van der Waals surface area contributed by atoms with E-state index in [0.29, 0.717) is 36.9 Å². The fourth-order valence-corrected chi connectivity index (χ4v) is 3.64. The Morgan fingerprint density at radius 2 is 1.86 bits per heavy atom. The van der Waals surface area contributed by atoms with Crippen LogP contribution in [0.15, 0.2) is 47.4 Å². The quantitative estimate of drug-likeness (QED) is 0.726. The van der Waals surface area contributed by atoms with E-state index in [2.05, 4.69) is 20.2 Å². The number of benzene rings is 1. The Hall–Kier alpha value is -3.13. The number of aryl methyl sites for hydroxylation is 1.